The van der Waals surface area contributed by atoms with Gasteiger partial charge in [-0.15, -0.1) is 0 Å². The highest BCUT2D eigenvalue weighted by Gasteiger charge is 2.15. The lowest BCUT2D eigenvalue weighted by molar-refractivity contribution is 0.0734. The number of ether oxygens (including phenoxy) is 1. The van der Waals surface area contributed by atoms with Crippen LogP contribution in [-0.2, 0) is 0 Å². The molecule has 2 N–H and O–H groups in total. The average Bonchev–Trinajstić information content (AvgIpc) is 2.70. The molecular weight excluding hydrogens is 451 g/mol. The fourth-order valence-corrected chi connectivity index (χ4v) is 3.08. The lowest BCUT2D eigenvalue weighted by Gasteiger charge is -2.09. The first-order valence-electron chi connectivity index (χ1n) is 8.43. The molecule has 0 aliphatic carbocycles. The van der Waals surface area contributed by atoms with Gasteiger partial charge in [-0.25, -0.2) is 10.2 Å². The number of benzene rings is 3. The second-order valence-corrected chi connectivity index (χ2v) is 7.19. The molecule has 9 heteroatoms. The third-order valence-electron chi connectivity index (χ3n) is 3.84. The number of carbonyl (C=O) groups is 2. The lowest BCUT2D eigenvalue weighted by atomic mass is 10.2. The molecule has 0 fully saturated rings. The van der Waals surface area contributed by atoms with E-state index in [1.54, 1.807) is 12.1 Å². The summed E-state index contributed by atoms with van der Waals surface area (Å²) in [5, 5.41) is 14.5. The molecule has 0 aliphatic heterocycles. The van der Waals surface area contributed by atoms with Gasteiger partial charge in [0.15, 0.2) is 0 Å². The SMILES string of the molecule is O=C(N/N=C/c1cc(Cl)ccc1OC(=O)c1ccc(Cl)cc1Cl)c1ccccc1O. The van der Waals surface area contributed by atoms with Gasteiger partial charge in [-0.3, -0.25) is 4.79 Å². The summed E-state index contributed by atoms with van der Waals surface area (Å²) in [4.78, 5) is 24.6. The van der Waals surface area contributed by atoms with Crippen LogP contribution in [0.4, 0.5) is 0 Å². The standard InChI is InChI=1S/C21H13Cl3N2O4/c22-13-6-8-19(30-21(29)15-7-5-14(23)10-17(15)24)12(9-13)11-25-26-20(28)16-3-1-2-4-18(16)27/h1-11,27H,(H,26,28)/b25-11+. The maximum Gasteiger partial charge on any atom is 0.345 e. The van der Waals surface area contributed by atoms with Gasteiger partial charge in [0, 0.05) is 15.6 Å². The largest absolute Gasteiger partial charge is 0.507 e. The molecule has 0 saturated heterocycles. The van der Waals surface area contributed by atoms with E-state index in [0.29, 0.717) is 15.6 Å². The Morgan fingerprint density at radius 1 is 0.933 bits per heavy atom. The van der Waals surface area contributed by atoms with Crippen LogP contribution in [0.2, 0.25) is 15.1 Å². The Morgan fingerprint density at radius 2 is 1.63 bits per heavy atom. The zero-order valence-corrected chi connectivity index (χ0v) is 17.4. The van der Waals surface area contributed by atoms with Gasteiger partial charge in [0.25, 0.3) is 5.91 Å². The molecule has 0 unspecified atom stereocenters. The molecule has 0 bridgehead atoms. The Kier molecular flexibility index (Phi) is 6.95. The van der Waals surface area contributed by atoms with Crippen LogP contribution in [0.15, 0.2) is 65.8 Å². The van der Waals surface area contributed by atoms with Crippen molar-refractivity contribution < 1.29 is 19.4 Å². The van der Waals surface area contributed by atoms with Gasteiger partial charge in [0.05, 0.1) is 22.4 Å². The zero-order chi connectivity index (χ0) is 21.7. The van der Waals surface area contributed by atoms with E-state index in [9.17, 15) is 14.7 Å². The van der Waals surface area contributed by atoms with E-state index in [0.717, 1.165) is 0 Å². The molecule has 0 heterocycles. The first kappa shape index (κ1) is 21.6. The molecule has 30 heavy (non-hydrogen) atoms. The van der Waals surface area contributed by atoms with E-state index in [-0.39, 0.29) is 27.6 Å². The molecule has 0 saturated carbocycles. The number of hydrogen-bond acceptors (Lipinski definition) is 5. The third-order valence-corrected chi connectivity index (χ3v) is 4.63. The summed E-state index contributed by atoms with van der Waals surface area (Å²) in [7, 11) is 0. The molecule has 0 radical (unpaired) electrons. The molecule has 0 spiro atoms. The van der Waals surface area contributed by atoms with E-state index in [1.165, 1.54) is 54.7 Å². The number of phenolic OH excluding ortho intramolecular Hbond substituents is 1. The Bertz CT molecular complexity index is 1150. The van der Waals surface area contributed by atoms with Gasteiger partial charge in [0.2, 0.25) is 0 Å². The average molecular weight is 464 g/mol. The van der Waals surface area contributed by atoms with Crippen molar-refractivity contribution >= 4 is 52.9 Å². The van der Waals surface area contributed by atoms with E-state index < -0.39 is 11.9 Å². The molecule has 152 valence electrons. The van der Waals surface area contributed by atoms with Crippen molar-refractivity contribution in [3.63, 3.8) is 0 Å². The fraction of sp³-hybridized carbons (Fsp3) is 0. The van der Waals surface area contributed by atoms with Crippen molar-refractivity contribution in [2.75, 3.05) is 0 Å². The summed E-state index contributed by atoms with van der Waals surface area (Å²) < 4.78 is 5.40. The number of aromatic hydroxyl groups is 1. The van der Waals surface area contributed by atoms with E-state index in [2.05, 4.69) is 10.5 Å². The molecule has 0 aliphatic rings. The molecule has 3 aromatic carbocycles. The number of amides is 1. The molecule has 1 amide bonds. The van der Waals surface area contributed by atoms with Crippen molar-refractivity contribution in [1.82, 2.24) is 5.43 Å². The topological polar surface area (TPSA) is 88.0 Å². The molecule has 0 atom stereocenters. The quantitative estimate of drug-likeness (QED) is 0.231. The normalized spacial score (nSPS) is 10.8. The van der Waals surface area contributed by atoms with Crippen LogP contribution in [0.25, 0.3) is 0 Å². The van der Waals surface area contributed by atoms with Crippen LogP contribution in [0.3, 0.4) is 0 Å². The number of halogens is 3. The maximum atomic E-state index is 12.5. The maximum absolute atomic E-state index is 12.5. The number of nitrogens with zero attached hydrogens (tertiary/aromatic N) is 1. The Morgan fingerprint density at radius 3 is 2.37 bits per heavy atom. The van der Waals surface area contributed by atoms with E-state index >= 15 is 0 Å². The summed E-state index contributed by atoms with van der Waals surface area (Å²) in [6.07, 6.45) is 1.26. The van der Waals surface area contributed by atoms with Crippen molar-refractivity contribution in [3.8, 4) is 11.5 Å². The number of nitrogens with one attached hydrogen (secondary N) is 1. The smallest absolute Gasteiger partial charge is 0.345 e. The number of carbonyl (C=O) groups excluding carboxylic acids is 2. The number of rotatable bonds is 5. The van der Waals surface area contributed by atoms with Gasteiger partial charge in [-0.2, -0.15) is 5.10 Å². The monoisotopic (exact) mass is 462 g/mol. The third kappa shape index (κ3) is 5.30. The van der Waals surface area contributed by atoms with Gasteiger partial charge in [0.1, 0.15) is 11.5 Å². The minimum Gasteiger partial charge on any atom is -0.507 e. The highest BCUT2D eigenvalue weighted by atomic mass is 35.5. The minimum atomic E-state index is -0.702. The van der Waals surface area contributed by atoms with Crippen molar-refractivity contribution in [1.29, 1.82) is 0 Å². The number of para-hydroxylation sites is 1. The number of hydrazone groups is 1. The predicted octanol–water partition coefficient (Wildman–Crippen LogP) is 5.34. The number of phenols is 1. The summed E-state index contributed by atoms with van der Waals surface area (Å²) in [5.74, 6) is -1.34. The van der Waals surface area contributed by atoms with Crippen LogP contribution in [0.5, 0.6) is 11.5 Å². The fourth-order valence-electron chi connectivity index (χ4n) is 2.41. The Labute approximate surface area is 186 Å². The second-order valence-electron chi connectivity index (χ2n) is 5.91. The van der Waals surface area contributed by atoms with Crippen molar-refractivity contribution in [3.05, 3.63) is 92.4 Å². The summed E-state index contributed by atoms with van der Waals surface area (Å²) in [5.41, 5.74) is 2.81. The zero-order valence-electron chi connectivity index (χ0n) is 15.1. The Balaban J connectivity index is 1.78. The van der Waals surface area contributed by atoms with Crippen LogP contribution in [0.1, 0.15) is 26.3 Å². The molecule has 6 nitrogen and oxygen atoms in total. The number of hydrogen-bond donors (Lipinski definition) is 2. The summed E-state index contributed by atoms with van der Waals surface area (Å²) in [6.45, 7) is 0. The van der Waals surface area contributed by atoms with Crippen LogP contribution >= 0.6 is 34.8 Å². The van der Waals surface area contributed by atoms with Crippen LogP contribution in [-0.4, -0.2) is 23.2 Å². The van der Waals surface area contributed by atoms with Crippen molar-refractivity contribution in [2.24, 2.45) is 5.10 Å². The summed E-state index contributed by atoms with van der Waals surface area (Å²) >= 11 is 17.9. The first-order chi connectivity index (χ1) is 14.3. The van der Waals surface area contributed by atoms with Gasteiger partial charge in [-0.1, -0.05) is 46.9 Å². The van der Waals surface area contributed by atoms with Gasteiger partial charge in [-0.05, 0) is 48.5 Å². The van der Waals surface area contributed by atoms with E-state index in [1.807, 2.05) is 0 Å². The predicted molar refractivity (Wildman–Crippen MR) is 116 cm³/mol. The van der Waals surface area contributed by atoms with Gasteiger partial charge < -0.3 is 9.84 Å². The minimum absolute atomic E-state index is 0.0600. The highest BCUT2D eigenvalue weighted by Crippen LogP contribution is 2.26. The van der Waals surface area contributed by atoms with Gasteiger partial charge >= 0.3 is 5.97 Å². The summed E-state index contributed by atoms with van der Waals surface area (Å²) in [6, 6.07) is 14.9. The Hall–Kier alpha value is -3.06. The van der Waals surface area contributed by atoms with Crippen molar-refractivity contribution in [2.45, 2.75) is 0 Å². The molecule has 0 aromatic heterocycles. The van der Waals surface area contributed by atoms with Crippen LogP contribution < -0.4 is 10.2 Å². The highest BCUT2D eigenvalue weighted by molar-refractivity contribution is 6.36. The van der Waals surface area contributed by atoms with E-state index in [4.69, 9.17) is 39.5 Å². The second kappa shape index (κ2) is 9.63. The molecule has 3 rings (SSSR count). The molecule has 3 aromatic rings. The molecular formula is C21H13Cl3N2O4. The number of esters is 1. The lowest BCUT2D eigenvalue weighted by Crippen LogP contribution is -2.17. The van der Waals surface area contributed by atoms with Crippen LogP contribution in [0, 0.1) is 0 Å². The first-order valence-corrected chi connectivity index (χ1v) is 9.56.